The second-order valence-electron chi connectivity index (χ2n) is 4.89. The Labute approximate surface area is 128 Å². The third kappa shape index (κ3) is 3.35. The maximum absolute atomic E-state index is 10.3. The topological polar surface area (TPSA) is 29.5 Å². The summed E-state index contributed by atoms with van der Waals surface area (Å²) in [5.74, 6) is 0.655. The Bertz CT molecular complexity index is 755. The van der Waals surface area contributed by atoms with Crippen LogP contribution in [0.2, 0.25) is 5.02 Å². The van der Waals surface area contributed by atoms with E-state index in [1.165, 1.54) is 0 Å². The predicted molar refractivity (Wildman–Crippen MR) is 85.9 cm³/mol. The van der Waals surface area contributed by atoms with Crippen molar-refractivity contribution in [2.24, 2.45) is 0 Å². The van der Waals surface area contributed by atoms with Gasteiger partial charge in [0.2, 0.25) is 0 Å². The first-order chi connectivity index (χ1) is 10.2. The highest BCUT2D eigenvalue weighted by Gasteiger charge is 2.09. The van der Waals surface area contributed by atoms with E-state index in [-0.39, 0.29) is 6.61 Å². The van der Waals surface area contributed by atoms with E-state index in [0.717, 1.165) is 16.3 Å². The van der Waals surface area contributed by atoms with Crippen molar-refractivity contribution in [2.75, 3.05) is 6.61 Å². The highest BCUT2D eigenvalue weighted by molar-refractivity contribution is 6.30. The minimum Gasteiger partial charge on any atom is -0.490 e. The van der Waals surface area contributed by atoms with Gasteiger partial charge >= 0.3 is 0 Å². The molecule has 1 unspecified atom stereocenters. The second kappa shape index (κ2) is 6.17. The molecule has 0 amide bonds. The van der Waals surface area contributed by atoms with Gasteiger partial charge < -0.3 is 9.84 Å². The van der Waals surface area contributed by atoms with E-state index in [0.29, 0.717) is 10.8 Å². The molecule has 0 spiro atoms. The summed E-state index contributed by atoms with van der Waals surface area (Å²) < 4.78 is 5.58. The molecule has 0 aliphatic heterocycles. The molecule has 3 aromatic carbocycles. The van der Waals surface area contributed by atoms with E-state index >= 15 is 0 Å². The molecule has 2 nitrogen and oxygen atoms in total. The van der Waals surface area contributed by atoms with Crippen LogP contribution >= 0.6 is 11.6 Å². The summed E-state index contributed by atoms with van der Waals surface area (Å²) in [4.78, 5) is 0. The molecule has 21 heavy (non-hydrogen) atoms. The first-order valence-electron chi connectivity index (χ1n) is 6.77. The average Bonchev–Trinajstić information content (AvgIpc) is 2.52. The van der Waals surface area contributed by atoms with Gasteiger partial charge in [0.25, 0.3) is 0 Å². The van der Waals surface area contributed by atoms with Crippen LogP contribution < -0.4 is 4.74 Å². The van der Waals surface area contributed by atoms with Gasteiger partial charge in [-0.25, -0.2) is 0 Å². The van der Waals surface area contributed by atoms with Crippen molar-refractivity contribution in [1.82, 2.24) is 0 Å². The summed E-state index contributed by atoms with van der Waals surface area (Å²) in [5.41, 5.74) is 0.843. The molecule has 0 aliphatic carbocycles. The normalized spacial score (nSPS) is 12.3. The molecule has 106 valence electrons. The minimum absolute atomic E-state index is 0.193. The molecule has 3 rings (SSSR count). The standard InChI is InChI=1S/C18H15ClO2/c19-16-6-3-7-17(11-16)21-12-18(20)15-9-8-13-4-1-2-5-14(13)10-15/h1-11,18,20H,12H2. The Kier molecular flexibility index (Phi) is 4.09. The van der Waals surface area contributed by atoms with E-state index in [1.807, 2.05) is 54.6 Å². The van der Waals surface area contributed by atoms with E-state index in [2.05, 4.69) is 0 Å². The molecule has 0 bridgehead atoms. The van der Waals surface area contributed by atoms with Crippen molar-refractivity contribution in [3.8, 4) is 5.75 Å². The van der Waals surface area contributed by atoms with Crippen molar-refractivity contribution in [3.63, 3.8) is 0 Å². The van der Waals surface area contributed by atoms with Gasteiger partial charge in [0, 0.05) is 5.02 Å². The second-order valence-corrected chi connectivity index (χ2v) is 5.33. The lowest BCUT2D eigenvalue weighted by Gasteiger charge is -2.13. The van der Waals surface area contributed by atoms with Crippen LogP contribution in [0.3, 0.4) is 0 Å². The van der Waals surface area contributed by atoms with E-state index in [4.69, 9.17) is 16.3 Å². The summed E-state index contributed by atoms with van der Waals surface area (Å²) >= 11 is 5.90. The van der Waals surface area contributed by atoms with Crippen LogP contribution in [0.1, 0.15) is 11.7 Å². The number of fused-ring (bicyclic) bond motifs is 1. The Morgan fingerprint density at radius 1 is 0.905 bits per heavy atom. The monoisotopic (exact) mass is 298 g/mol. The third-order valence-electron chi connectivity index (χ3n) is 3.36. The molecule has 0 saturated heterocycles. The quantitative estimate of drug-likeness (QED) is 0.762. The molecule has 0 heterocycles. The van der Waals surface area contributed by atoms with Crippen LogP contribution in [0.25, 0.3) is 10.8 Å². The maximum atomic E-state index is 10.3. The number of aliphatic hydroxyl groups is 1. The smallest absolute Gasteiger partial charge is 0.120 e. The van der Waals surface area contributed by atoms with Gasteiger partial charge in [-0.1, -0.05) is 54.1 Å². The maximum Gasteiger partial charge on any atom is 0.120 e. The summed E-state index contributed by atoms with van der Waals surface area (Å²) in [6.07, 6.45) is -0.673. The largest absolute Gasteiger partial charge is 0.490 e. The van der Waals surface area contributed by atoms with Gasteiger partial charge in [0.15, 0.2) is 0 Å². The molecular formula is C18H15ClO2. The fourth-order valence-corrected chi connectivity index (χ4v) is 2.42. The zero-order valence-electron chi connectivity index (χ0n) is 11.4. The summed E-state index contributed by atoms with van der Waals surface area (Å²) in [7, 11) is 0. The number of ether oxygens (including phenoxy) is 1. The summed E-state index contributed by atoms with van der Waals surface area (Å²) in [6, 6.07) is 21.1. The van der Waals surface area contributed by atoms with Crippen molar-refractivity contribution in [2.45, 2.75) is 6.10 Å². The van der Waals surface area contributed by atoms with Gasteiger partial charge in [-0.2, -0.15) is 0 Å². The molecule has 1 N–H and O–H groups in total. The van der Waals surface area contributed by atoms with Crippen LogP contribution in [0.5, 0.6) is 5.75 Å². The third-order valence-corrected chi connectivity index (χ3v) is 3.60. The Morgan fingerprint density at radius 3 is 2.52 bits per heavy atom. The zero-order chi connectivity index (χ0) is 14.7. The van der Waals surface area contributed by atoms with Gasteiger partial charge in [0.1, 0.15) is 18.5 Å². The molecule has 0 radical (unpaired) electrons. The predicted octanol–water partition coefficient (Wildman–Crippen LogP) is 4.61. The number of rotatable bonds is 4. The molecule has 3 heteroatoms. The fourth-order valence-electron chi connectivity index (χ4n) is 2.24. The van der Waals surface area contributed by atoms with Crippen molar-refractivity contribution >= 4 is 22.4 Å². The number of hydrogen-bond donors (Lipinski definition) is 1. The molecule has 0 saturated carbocycles. The van der Waals surface area contributed by atoms with Crippen molar-refractivity contribution in [1.29, 1.82) is 0 Å². The molecular weight excluding hydrogens is 284 g/mol. The van der Waals surface area contributed by atoms with Crippen molar-refractivity contribution < 1.29 is 9.84 Å². The minimum atomic E-state index is -0.673. The first-order valence-corrected chi connectivity index (χ1v) is 7.15. The highest BCUT2D eigenvalue weighted by atomic mass is 35.5. The Hall–Kier alpha value is -2.03. The highest BCUT2D eigenvalue weighted by Crippen LogP contribution is 2.22. The van der Waals surface area contributed by atoms with Crippen LogP contribution in [-0.4, -0.2) is 11.7 Å². The van der Waals surface area contributed by atoms with Crippen LogP contribution in [0.4, 0.5) is 0 Å². The van der Waals surface area contributed by atoms with Crippen LogP contribution in [0.15, 0.2) is 66.7 Å². The van der Waals surface area contributed by atoms with Crippen LogP contribution in [0, 0.1) is 0 Å². The molecule has 0 aliphatic rings. The first kappa shape index (κ1) is 13.9. The molecule has 0 fully saturated rings. The van der Waals surface area contributed by atoms with Crippen LogP contribution in [-0.2, 0) is 0 Å². The van der Waals surface area contributed by atoms with E-state index < -0.39 is 6.10 Å². The number of halogens is 1. The van der Waals surface area contributed by atoms with E-state index in [1.54, 1.807) is 12.1 Å². The van der Waals surface area contributed by atoms with Gasteiger partial charge in [-0.3, -0.25) is 0 Å². The average molecular weight is 299 g/mol. The van der Waals surface area contributed by atoms with E-state index in [9.17, 15) is 5.11 Å². The molecule has 0 aromatic heterocycles. The number of benzene rings is 3. The summed E-state index contributed by atoms with van der Waals surface area (Å²) in [6.45, 7) is 0.193. The number of aliphatic hydroxyl groups excluding tert-OH is 1. The van der Waals surface area contributed by atoms with Gasteiger partial charge in [0.05, 0.1) is 0 Å². The fraction of sp³-hybridized carbons (Fsp3) is 0.111. The number of hydrogen-bond acceptors (Lipinski definition) is 2. The molecule has 1 atom stereocenters. The lowest BCUT2D eigenvalue weighted by Crippen LogP contribution is -2.09. The zero-order valence-corrected chi connectivity index (χ0v) is 12.1. The SMILES string of the molecule is OC(COc1cccc(Cl)c1)c1ccc2ccccc2c1. The van der Waals surface area contributed by atoms with Crippen molar-refractivity contribution in [3.05, 3.63) is 77.3 Å². The Balaban J connectivity index is 1.73. The lowest BCUT2D eigenvalue weighted by molar-refractivity contribution is 0.108. The van der Waals surface area contributed by atoms with Gasteiger partial charge in [-0.15, -0.1) is 0 Å². The summed E-state index contributed by atoms with van der Waals surface area (Å²) in [5, 5.41) is 13.1. The molecule has 3 aromatic rings. The lowest BCUT2D eigenvalue weighted by atomic mass is 10.0. The van der Waals surface area contributed by atoms with Gasteiger partial charge in [-0.05, 0) is 40.6 Å². The Morgan fingerprint density at radius 2 is 1.71 bits per heavy atom.